The Morgan fingerprint density at radius 3 is 2.50 bits per heavy atom. The summed E-state index contributed by atoms with van der Waals surface area (Å²) in [6.07, 6.45) is 1.13. The second kappa shape index (κ2) is 3.11. The smallest absolute Gasteiger partial charge is 0.0623 e. The number of aliphatic hydroxyl groups excluding tert-OH is 1. The fourth-order valence-electron chi connectivity index (χ4n) is 1.22. The van der Waals surface area contributed by atoms with Crippen molar-refractivity contribution in [2.45, 2.75) is 12.0 Å². The maximum atomic E-state index is 9.13. The Bertz CT molecular complexity index is 110. The van der Waals surface area contributed by atoms with Gasteiger partial charge in [-0.05, 0) is 26.3 Å². The third kappa shape index (κ3) is 1.31. The van der Waals surface area contributed by atoms with Crippen molar-refractivity contribution in [3.8, 4) is 0 Å². The number of nitrogens with zero attached hydrogens (tertiary/aromatic N) is 1. The van der Waals surface area contributed by atoms with Crippen molar-refractivity contribution in [1.82, 2.24) is 4.90 Å². The van der Waals surface area contributed by atoms with E-state index in [9.17, 15) is 0 Å². The van der Waals surface area contributed by atoms with Gasteiger partial charge in [-0.2, -0.15) is 11.8 Å². The molecule has 0 spiro atoms. The van der Waals surface area contributed by atoms with E-state index in [2.05, 4.69) is 4.90 Å². The van der Waals surface area contributed by atoms with Crippen LogP contribution in [0, 0.1) is 0 Å². The molecule has 1 heterocycles. The Hall–Kier alpha value is 0.270. The lowest BCUT2D eigenvalue weighted by molar-refractivity contribution is 0.0905. The van der Waals surface area contributed by atoms with Crippen LogP contribution in [-0.2, 0) is 0 Å². The molecule has 0 aromatic heterocycles. The maximum absolute atomic E-state index is 9.13. The van der Waals surface area contributed by atoms with E-state index in [-0.39, 0.29) is 5.54 Å². The molecule has 2 nitrogen and oxygen atoms in total. The van der Waals surface area contributed by atoms with Crippen LogP contribution in [0.1, 0.15) is 6.42 Å². The van der Waals surface area contributed by atoms with Gasteiger partial charge in [-0.15, -0.1) is 0 Å². The molecule has 0 aliphatic carbocycles. The van der Waals surface area contributed by atoms with Crippen molar-refractivity contribution in [3.05, 3.63) is 0 Å². The van der Waals surface area contributed by atoms with Gasteiger partial charge in [0, 0.05) is 5.75 Å². The van der Waals surface area contributed by atoms with Crippen molar-refractivity contribution < 1.29 is 5.11 Å². The van der Waals surface area contributed by atoms with Crippen LogP contribution in [0.15, 0.2) is 0 Å². The van der Waals surface area contributed by atoms with Gasteiger partial charge in [0.25, 0.3) is 0 Å². The highest BCUT2D eigenvalue weighted by atomic mass is 32.2. The number of rotatable bonds is 2. The van der Waals surface area contributed by atoms with Crippen LogP contribution in [0.2, 0.25) is 0 Å². The highest BCUT2D eigenvalue weighted by molar-refractivity contribution is 7.99. The summed E-state index contributed by atoms with van der Waals surface area (Å²) in [5.41, 5.74) is 0.0880. The lowest BCUT2D eigenvalue weighted by Gasteiger charge is -2.33. The SMILES string of the molecule is CN(C)C1(CO)CCSC1. The quantitative estimate of drug-likeness (QED) is 0.635. The van der Waals surface area contributed by atoms with Gasteiger partial charge in [-0.3, -0.25) is 0 Å². The fraction of sp³-hybridized carbons (Fsp3) is 1.00. The molecular weight excluding hydrogens is 146 g/mol. The molecule has 60 valence electrons. The number of likely N-dealkylation sites (N-methyl/N-ethyl adjacent to an activating group) is 1. The molecule has 0 bridgehead atoms. The fourth-order valence-corrected chi connectivity index (χ4v) is 2.76. The zero-order chi connectivity index (χ0) is 7.61. The van der Waals surface area contributed by atoms with E-state index < -0.39 is 0 Å². The predicted octanol–water partition coefficient (Wildman–Crippen LogP) is 0.416. The minimum atomic E-state index is 0.0880. The Morgan fingerprint density at radius 1 is 1.60 bits per heavy atom. The van der Waals surface area contributed by atoms with E-state index in [0.29, 0.717) is 6.61 Å². The summed E-state index contributed by atoms with van der Waals surface area (Å²) in [7, 11) is 4.09. The Morgan fingerprint density at radius 2 is 2.30 bits per heavy atom. The van der Waals surface area contributed by atoms with Gasteiger partial charge < -0.3 is 10.0 Å². The van der Waals surface area contributed by atoms with Crippen molar-refractivity contribution in [2.24, 2.45) is 0 Å². The zero-order valence-corrected chi connectivity index (χ0v) is 7.45. The summed E-state index contributed by atoms with van der Waals surface area (Å²) in [6.45, 7) is 0.299. The molecule has 1 atom stereocenters. The van der Waals surface area contributed by atoms with Crippen LogP contribution in [0.4, 0.5) is 0 Å². The third-order valence-corrected chi connectivity index (χ3v) is 3.56. The van der Waals surface area contributed by atoms with Gasteiger partial charge in [0.1, 0.15) is 0 Å². The zero-order valence-electron chi connectivity index (χ0n) is 6.63. The number of aliphatic hydroxyl groups is 1. The molecule has 1 N–H and O–H groups in total. The first-order chi connectivity index (χ1) is 4.71. The van der Waals surface area contributed by atoms with Gasteiger partial charge in [0.15, 0.2) is 0 Å². The summed E-state index contributed by atoms with van der Waals surface area (Å²) in [4.78, 5) is 2.15. The predicted molar refractivity (Wildman–Crippen MR) is 45.4 cm³/mol. The van der Waals surface area contributed by atoms with Gasteiger partial charge in [0.2, 0.25) is 0 Å². The van der Waals surface area contributed by atoms with Gasteiger partial charge in [0.05, 0.1) is 12.1 Å². The molecule has 0 amide bonds. The molecule has 1 rings (SSSR count). The standard InChI is InChI=1S/C7H15NOS/c1-8(2)7(5-9)3-4-10-6-7/h9H,3-6H2,1-2H3. The first-order valence-electron chi connectivity index (χ1n) is 3.57. The summed E-state index contributed by atoms with van der Waals surface area (Å²) in [5.74, 6) is 2.27. The van der Waals surface area contributed by atoms with E-state index in [0.717, 1.165) is 12.2 Å². The normalized spacial score (nSPS) is 33.6. The number of hydrogen-bond acceptors (Lipinski definition) is 3. The van der Waals surface area contributed by atoms with E-state index in [4.69, 9.17) is 5.11 Å². The molecular formula is C7H15NOS. The lowest BCUT2D eigenvalue weighted by atomic mass is 9.99. The average molecular weight is 161 g/mol. The molecule has 1 saturated heterocycles. The minimum absolute atomic E-state index is 0.0880. The summed E-state index contributed by atoms with van der Waals surface area (Å²) in [6, 6.07) is 0. The van der Waals surface area contributed by atoms with Crippen LogP contribution < -0.4 is 0 Å². The second-order valence-electron chi connectivity index (χ2n) is 3.08. The third-order valence-electron chi connectivity index (χ3n) is 2.33. The van der Waals surface area contributed by atoms with Crippen molar-refractivity contribution in [3.63, 3.8) is 0 Å². The minimum Gasteiger partial charge on any atom is -0.394 e. The molecule has 0 saturated carbocycles. The van der Waals surface area contributed by atoms with E-state index >= 15 is 0 Å². The average Bonchev–Trinajstić information content (AvgIpc) is 2.35. The number of thioether (sulfide) groups is 1. The van der Waals surface area contributed by atoms with E-state index in [1.165, 1.54) is 5.75 Å². The first-order valence-corrected chi connectivity index (χ1v) is 4.73. The Balaban J connectivity index is 2.58. The number of hydrogen-bond donors (Lipinski definition) is 1. The van der Waals surface area contributed by atoms with Gasteiger partial charge in [-0.25, -0.2) is 0 Å². The van der Waals surface area contributed by atoms with Crippen LogP contribution >= 0.6 is 11.8 Å². The molecule has 0 aromatic rings. The Kier molecular flexibility index (Phi) is 2.61. The van der Waals surface area contributed by atoms with Crippen molar-refractivity contribution in [1.29, 1.82) is 0 Å². The van der Waals surface area contributed by atoms with Crippen LogP contribution in [0.3, 0.4) is 0 Å². The first kappa shape index (κ1) is 8.37. The van der Waals surface area contributed by atoms with Crippen molar-refractivity contribution >= 4 is 11.8 Å². The van der Waals surface area contributed by atoms with Crippen LogP contribution in [-0.4, -0.2) is 47.8 Å². The van der Waals surface area contributed by atoms with Crippen molar-refractivity contribution in [2.75, 3.05) is 32.2 Å². The highest BCUT2D eigenvalue weighted by Crippen LogP contribution is 2.31. The monoisotopic (exact) mass is 161 g/mol. The topological polar surface area (TPSA) is 23.5 Å². The van der Waals surface area contributed by atoms with E-state index in [1.54, 1.807) is 0 Å². The molecule has 1 fully saturated rings. The molecule has 3 heteroatoms. The molecule has 1 aliphatic rings. The lowest BCUT2D eigenvalue weighted by Crippen LogP contribution is -2.47. The van der Waals surface area contributed by atoms with Crippen LogP contribution in [0.25, 0.3) is 0 Å². The molecule has 0 aromatic carbocycles. The summed E-state index contributed by atoms with van der Waals surface area (Å²) >= 11 is 1.93. The van der Waals surface area contributed by atoms with Crippen LogP contribution in [0.5, 0.6) is 0 Å². The summed E-state index contributed by atoms with van der Waals surface area (Å²) in [5, 5.41) is 9.13. The molecule has 1 aliphatic heterocycles. The Labute approximate surface area is 66.6 Å². The maximum Gasteiger partial charge on any atom is 0.0623 e. The van der Waals surface area contributed by atoms with Gasteiger partial charge in [-0.1, -0.05) is 0 Å². The molecule has 10 heavy (non-hydrogen) atoms. The van der Waals surface area contributed by atoms with E-state index in [1.807, 2.05) is 25.9 Å². The summed E-state index contributed by atoms with van der Waals surface area (Å²) < 4.78 is 0. The molecule has 0 radical (unpaired) electrons. The van der Waals surface area contributed by atoms with Gasteiger partial charge >= 0.3 is 0 Å². The second-order valence-corrected chi connectivity index (χ2v) is 4.18. The highest BCUT2D eigenvalue weighted by Gasteiger charge is 2.35. The largest absolute Gasteiger partial charge is 0.394 e. The molecule has 1 unspecified atom stereocenters.